The van der Waals surface area contributed by atoms with E-state index in [9.17, 15) is 4.39 Å². The predicted molar refractivity (Wildman–Crippen MR) is 74.5 cm³/mol. The molecule has 0 amide bonds. The minimum atomic E-state index is -0.130. The van der Waals surface area contributed by atoms with E-state index in [4.69, 9.17) is 0 Å². The Hall–Kier alpha value is -1.09. The third-order valence-electron chi connectivity index (χ3n) is 4.15. The number of halogens is 1. The monoisotopic (exact) mass is 250 g/mol. The molecule has 1 aromatic rings. The molecule has 1 atom stereocenters. The molecule has 0 radical (unpaired) electrons. The smallest absolute Gasteiger partial charge is 0.146 e. The molecule has 1 fully saturated rings. The summed E-state index contributed by atoms with van der Waals surface area (Å²) in [5.74, 6) is -0.130. The number of piperidine rings is 1. The average Bonchev–Trinajstić information content (AvgIpc) is 2.40. The molecule has 0 bridgehead atoms. The Balaban J connectivity index is 2.10. The summed E-state index contributed by atoms with van der Waals surface area (Å²) in [6.07, 6.45) is 3.59. The highest BCUT2D eigenvalue weighted by atomic mass is 19.1. The van der Waals surface area contributed by atoms with Gasteiger partial charge in [0, 0.05) is 25.6 Å². The predicted octanol–water partition coefficient (Wildman–Crippen LogP) is 3.04. The van der Waals surface area contributed by atoms with E-state index in [0.29, 0.717) is 5.69 Å². The van der Waals surface area contributed by atoms with Gasteiger partial charge >= 0.3 is 0 Å². The first-order chi connectivity index (χ1) is 8.67. The van der Waals surface area contributed by atoms with Gasteiger partial charge in [0.05, 0.1) is 5.69 Å². The van der Waals surface area contributed by atoms with E-state index in [-0.39, 0.29) is 11.2 Å². The van der Waals surface area contributed by atoms with Crippen molar-refractivity contribution in [3.8, 4) is 0 Å². The molecule has 1 heterocycles. The zero-order chi connectivity index (χ0) is 13.0. The molecule has 100 valence electrons. The van der Waals surface area contributed by atoms with Crippen molar-refractivity contribution in [1.29, 1.82) is 0 Å². The molecule has 0 saturated carbocycles. The molecule has 1 aliphatic heterocycles. The summed E-state index contributed by atoms with van der Waals surface area (Å²) in [7, 11) is 1.99. The fraction of sp³-hybridized carbons (Fsp3) is 0.600. The fourth-order valence-electron chi connectivity index (χ4n) is 2.93. The Kier molecular flexibility index (Phi) is 4.23. The molecule has 2 rings (SSSR count). The van der Waals surface area contributed by atoms with Gasteiger partial charge in [-0.05, 0) is 37.9 Å². The zero-order valence-corrected chi connectivity index (χ0v) is 11.4. The van der Waals surface area contributed by atoms with Crippen molar-refractivity contribution >= 4 is 5.69 Å². The van der Waals surface area contributed by atoms with Crippen LogP contribution in [0, 0.1) is 11.2 Å². The van der Waals surface area contributed by atoms with Crippen molar-refractivity contribution in [2.24, 2.45) is 5.41 Å². The van der Waals surface area contributed by atoms with Crippen molar-refractivity contribution in [2.75, 3.05) is 31.6 Å². The van der Waals surface area contributed by atoms with Crippen molar-refractivity contribution in [1.82, 2.24) is 5.32 Å². The molecule has 3 heteroatoms. The Morgan fingerprint density at radius 1 is 1.39 bits per heavy atom. The fourth-order valence-corrected chi connectivity index (χ4v) is 2.93. The van der Waals surface area contributed by atoms with E-state index in [2.05, 4.69) is 17.1 Å². The number of nitrogens with zero attached hydrogens (tertiary/aromatic N) is 1. The Morgan fingerprint density at radius 3 is 2.78 bits per heavy atom. The number of para-hydroxylation sites is 1. The summed E-state index contributed by atoms with van der Waals surface area (Å²) in [4.78, 5) is 2.06. The van der Waals surface area contributed by atoms with Crippen LogP contribution < -0.4 is 10.2 Å². The highest BCUT2D eigenvalue weighted by Crippen LogP contribution is 2.32. The molecule has 18 heavy (non-hydrogen) atoms. The lowest BCUT2D eigenvalue weighted by atomic mass is 9.78. The first-order valence-electron chi connectivity index (χ1n) is 6.83. The first-order valence-corrected chi connectivity index (χ1v) is 6.83. The lowest BCUT2D eigenvalue weighted by Crippen LogP contribution is -2.46. The molecule has 1 unspecified atom stereocenters. The van der Waals surface area contributed by atoms with Crippen molar-refractivity contribution in [2.45, 2.75) is 26.2 Å². The average molecular weight is 250 g/mol. The zero-order valence-electron chi connectivity index (χ0n) is 11.4. The van der Waals surface area contributed by atoms with Crippen LogP contribution in [-0.2, 0) is 0 Å². The SMILES string of the molecule is CCC1(CN(C)c2ccccc2F)CCCNC1. The number of benzene rings is 1. The third-order valence-corrected chi connectivity index (χ3v) is 4.15. The second-order valence-corrected chi connectivity index (χ2v) is 5.44. The highest BCUT2D eigenvalue weighted by Gasteiger charge is 2.31. The number of hydrogen-bond donors (Lipinski definition) is 1. The van der Waals surface area contributed by atoms with Gasteiger partial charge in [-0.1, -0.05) is 19.1 Å². The third kappa shape index (κ3) is 2.83. The molecule has 0 spiro atoms. The van der Waals surface area contributed by atoms with Gasteiger partial charge in [0.15, 0.2) is 0 Å². The highest BCUT2D eigenvalue weighted by molar-refractivity contribution is 5.47. The number of hydrogen-bond acceptors (Lipinski definition) is 2. The van der Waals surface area contributed by atoms with Crippen LogP contribution in [-0.4, -0.2) is 26.7 Å². The van der Waals surface area contributed by atoms with Gasteiger partial charge in [-0.3, -0.25) is 0 Å². The van der Waals surface area contributed by atoms with Gasteiger partial charge in [-0.2, -0.15) is 0 Å². The van der Waals surface area contributed by atoms with Crippen LogP contribution >= 0.6 is 0 Å². The molecule has 1 aliphatic rings. The Labute approximate surface area is 109 Å². The van der Waals surface area contributed by atoms with Crippen LogP contribution in [0.2, 0.25) is 0 Å². The lowest BCUT2D eigenvalue weighted by Gasteiger charge is -2.40. The van der Waals surface area contributed by atoms with Crippen LogP contribution in [0.15, 0.2) is 24.3 Å². The number of nitrogens with one attached hydrogen (secondary N) is 1. The topological polar surface area (TPSA) is 15.3 Å². The van der Waals surface area contributed by atoms with Gasteiger partial charge < -0.3 is 10.2 Å². The normalized spacial score (nSPS) is 23.9. The summed E-state index contributed by atoms with van der Waals surface area (Å²) >= 11 is 0. The maximum Gasteiger partial charge on any atom is 0.146 e. The van der Waals surface area contributed by atoms with Crippen LogP contribution in [0.5, 0.6) is 0 Å². The van der Waals surface area contributed by atoms with Gasteiger partial charge in [-0.15, -0.1) is 0 Å². The molecule has 0 aliphatic carbocycles. The standard InChI is InChI=1S/C15H23FN2/c1-3-15(9-6-10-17-11-15)12-18(2)14-8-5-4-7-13(14)16/h4-5,7-8,17H,3,6,9-12H2,1-2H3. The summed E-state index contributed by atoms with van der Waals surface area (Å²) in [5.41, 5.74) is 0.992. The second-order valence-electron chi connectivity index (χ2n) is 5.44. The molecular weight excluding hydrogens is 227 g/mol. The summed E-state index contributed by atoms with van der Waals surface area (Å²) in [6, 6.07) is 7.02. The summed E-state index contributed by atoms with van der Waals surface area (Å²) in [5, 5.41) is 3.48. The maximum atomic E-state index is 13.8. The second kappa shape index (κ2) is 5.70. The largest absolute Gasteiger partial charge is 0.372 e. The Morgan fingerprint density at radius 2 is 2.17 bits per heavy atom. The minimum Gasteiger partial charge on any atom is -0.372 e. The van der Waals surface area contributed by atoms with Crippen LogP contribution in [0.1, 0.15) is 26.2 Å². The van der Waals surface area contributed by atoms with E-state index in [1.807, 2.05) is 19.2 Å². The van der Waals surface area contributed by atoms with E-state index in [1.165, 1.54) is 18.9 Å². The van der Waals surface area contributed by atoms with Gasteiger partial charge in [-0.25, -0.2) is 4.39 Å². The number of anilines is 1. The van der Waals surface area contributed by atoms with Gasteiger partial charge in [0.25, 0.3) is 0 Å². The van der Waals surface area contributed by atoms with E-state index < -0.39 is 0 Å². The van der Waals surface area contributed by atoms with Crippen molar-refractivity contribution in [3.63, 3.8) is 0 Å². The van der Waals surface area contributed by atoms with Gasteiger partial charge in [0.1, 0.15) is 5.82 Å². The molecule has 1 saturated heterocycles. The van der Waals surface area contributed by atoms with E-state index in [1.54, 1.807) is 6.07 Å². The summed E-state index contributed by atoms with van der Waals surface area (Å²) < 4.78 is 13.8. The molecule has 0 aromatic heterocycles. The lowest BCUT2D eigenvalue weighted by molar-refractivity contribution is 0.207. The quantitative estimate of drug-likeness (QED) is 0.883. The van der Waals surface area contributed by atoms with Crippen molar-refractivity contribution < 1.29 is 4.39 Å². The van der Waals surface area contributed by atoms with Crippen LogP contribution in [0.4, 0.5) is 10.1 Å². The number of rotatable bonds is 4. The van der Waals surface area contributed by atoms with Crippen molar-refractivity contribution in [3.05, 3.63) is 30.1 Å². The molecule has 1 N–H and O–H groups in total. The van der Waals surface area contributed by atoms with Crippen LogP contribution in [0.3, 0.4) is 0 Å². The van der Waals surface area contributed by atoms with Gasteiger partial charge in [0.2, 0.25) is 0 Å². The maximum absolute atomic E-state index is 13.8. The van der Waals surface area contributed by atoms with E-state index in [0.717, 1.165) is 26.1 Å². The summed E-state index contributed by atoms with van der Waals surface area (Å²) in [6.45, 7) is 5.31. The molecule has 2 nitrogen and oxygen atoms in total. The minimum absolute atomic E-state index is 0.130. The molecule has 1 aromatic carbocycles. The first kappa shape index (κ1) is 13.3. The Bertz CT molecular complexity index is 386. The molecular formula is C15H23FN2. The van der Waals surface area contributed by atoms with Crippen LogP contribution in [0.25, 0.3) is 0 Å². The van der Waals surface area contributed by atoms with E-state index >= 15 is 0 Å².